The summed E-state index contributed by atoms with van der Waals surface area (Å²) < 4.78 is 54.8. The lowest BCUT2D eigenvalue weighted by Gasteiger charge is -2.34. The van der Waals surface area contributed by atoms with Crippen LogP contribution in [-0.4, -0.2) is 57.5 Å². The molecule has 1 heterocycles. The van der Waals surface area contributed by atoms with Crippen molar-refractivity contribution < 1.29 is 31.9 Å². The normalized spacial score (nSPS) is 13.0. The van der Waals surface area contributed by atoms with Gasteiger partial charge < -0.3 is 19.7 Å². The van der Waals surface area contributed by atoms with Gasteiger partial charge in [-0.1, -0.05) is 73.5 Å². The smallest absolute Gasteiger partial charge is 0.264 e. The van der Waals surface area contributed by atoms with Crippen LogP contribution in [0.15, 0.2) is 102 Å². The number of unbranched alkanes of at least 4 members (excludes halogenated alkanes) is 1. The summed E-state index contributed by atoms with van der Waals surface area (Å²) in [6.07, 6.45) is 1.85. The fourth-order valence-electron chi connectivity index (χ4n) is 5.51. The van der Waals surface area contributed by atoms with Crippen LogP contribution in [0.25, 0.3) is 0 Å². The Morgan fingerprint density at radius 3 is 2.29 bits per heavy atom. The average Bonchev–Trinajstić information content (AvgIpc) is 3.09. The molecule has 0 bridgehead atoms. The van der Waals surface area contributed by atoms with Gasteiger partial charge in [-0.3, -0.25) is 13.9 Å². The molecule has 0 fully saturated rings. The van der Waals surface area contributed by atoms with Gasteiger partial charge in [0.05, 0.1) is 10.6 Å². The summed E-state index contributed by atoms with van der Waals surface area (Å²) in [5, 5.41) is 2.98. The first-order chi connectivity index (χ1) is 23.2. The van der Waals surface area contributed by atoms with Gasteiger partial charge in [0, 0.05) is 25.6 Å². The molecule has 252 valence electrons. The van der Waals surface area contributed by atoms with Crippen LogP contribution in [0.2, 0.25) is 0 Å². The first-order valence-electron chi connectivity index (χ1n) is 16.0. The minimum absolute atomic E-state index is 0.0561. The number of rotatable bonds is 14. The highest BCUT2D eigenvalue weighted by molar-refractivity contribution is 7.92. The highest BCUT2D eigenvalue weighted by Crippen LogP contribution is 2.34. The van der Waals surface area contributed by atoms with Crippen molar-refractivity contribution in [1.82, 2.24) is 10.2 Å². The number of hydrogen-bond donors (Lipinski definition) is 1. The fraction of sp³-hybridized carbons (Fsp3) is 0.297. The summed E-state index contributed by atoms with van der Waals surface area (Å²) in [6, 6.07) is 25.2. The number of nitrogens with one attached hydrogen (secondary N) is 1. The van der Waals surface area contributed by atoms with Gasteiger partial charge in [-0.25, -0.2) is 12.8 Å². The zero-order valence-corrected chi connectivity index (χ0v) is 27.9. The number of anilines is 1. The van der Waals surface area contributed by atoms with E-state index in [9.17, 15) is 22.4 Å². The quantitative estimate of drug-likeness (QED) is 0.173. The molecule has 0 aliphatic carbocycles. The van der Waals surface area contributed by atoms with E-state index in [-0.39, 0.29) is 41.8 Å². The molecule has 0 aromatic heterocycles. The maximum Gasteiger partial charge on any atom is 0.264 e. The summed E-state index contributed by atoms with van der Waals surface area (Å²) >= 11 is 0. The number of carbonyl (C=O) groups is 2. The van der Waals surface area contributed by atoms with Gasteiger partial charge in [0.2, 0.25) is 11.8 Å². The molecule has 1 aliphatic rings. The molecule has 0 unspecified atom stereocenters. The van der Waals surface area contributed by atoms with E-state index >= 15 is 0 Å². The molecule has 1 atom stereocenters. The monoisotopic (exact) mass is 673 g/mol. The molecule has 11 heteroatoms. The van der Waals surface area contributed by atoms with Gasteiger partial charge in [-0.15, -0.1) is 0 Å². The van der Waals surface area contributed by atoms with Crippen molar-refractivity contribution in [1.29, 1.82) is 0 Å². The third-order valence-corrected chi connectivity index (χ3v) is 9.80. The lowest BCUT2D eigenvalue weighted by atomic mass is 10.0. The number of fused-ring (bicyclic) bond motifs is 1. The van der Waals surface area contributed by atoms with Gasteiger partial charge in [0.15, 0.2) is 11.5 Å². The Bertz CT molecular complexity index is 1820. The van der Waals surface area contributed by atoms with Crippen molar-refractivity contribution in [2.24, 2.45) is 0 Å². The van der Waals surface area contributed by atoms with E-state index in [0.29, 0.717) is 18.9 Å². The minimum atomic E-state index is -4.40. The third kappa shape index (κ3) is 8.51. The molecule has 4 aromatic rings. The number of carbonyl (C=O) groups excluding carboxylic acids is 2. The van der Waals surface area contributed by atoms with E-state index in [0.717, 1.165) is 46.0 Å². The summed E-state index contributed by atoms with van der Waals surface area (Å²) in [7, 11) is -4.40. The Morgan fingerprint density at radius 2 is 1.58 bits per heavy atom. The minimum Gasteiger partial charge on any atom is -0.486 e. The fourth-order valence-corrected chi connectivity index (χ4v) is 6.94. The van der Waals surface area contributed by atoms with Gasteiger partial charge >= 0.3 is 0 Å². The van der Waals surface area contributed by atoms with E-state index in [1.54, 1.807) is 0 Å². The molecule has 1 N–H and O–H groups in total. The largest absolute Gasteiger partial charge is 0.486 e. The van der Waals surface area contributed by atoms with Crippen molar-refractivity contribution in [2.75, 3.05) is 30.6 Å². The van der Waals surface area contributed by atoms with Gasteiger partial charge in [-0.05, 0) is 60.9 Å². The molecule has 2 amide bonds. The Balaban J connectivity index is 1.56. The Labute approximate surface area is 281 Å². The van der Waals surface area contributed by atoms with Gasteiger partial charge in [0.1, 0.15) is 31.6 Å². The standard InChI is InChI=1S/C37H40FN3O6S/c1-3-4-19-39-37(43)33(23-28-10-6-5-7-11-28)40(25-29-12-8-9-27(2)22-29)36(42)26-41(31-15-13-30(38)14-16-31)48(44,45)32-17-18-34-35(24-32)47-21-20-46-34/h5-18,22,24,33H,3-4,19-21,23,25-26H2,1-2H3,(H,39,43)/t33-/m1/s1. The summed E-state index contributed by atoms with van der Waals surface area (Å²) in [5.41, 5.74) is 2.68. The molecular formula is C37H40FN3O6S. The van der Waals surface area contributed by atoms with Crippen molar-refractivity contribution in [3.63, 3.8) is 0 Å². The zero-order chi connectivity index (χ0) is 34.1. The van der Waals surface area contributed by atoms with Crippen LogP contribution in [0, 0.1) is 12.7 Å². The van der Waals surface area contributed by atoms with E-state index in [2.05, 4.69) is 5.32 Å². The van der Waals surface area contributed by atoms with Gasteiger partial charge in [0.25, 0.3) is 10.0 Å². The third-order valence-electron chi connectivity index (χ3n) is 8.03. The van der Waals surface area contributed by atoms with Crippen LogP contribution < -0.4 is 19.1 Å². The van der Waals surface area contributed by atoms with E-state index in [4.69, 9.17) is 9.47 Å². The highest BCUT2D eigenvalue weighted by atomic mass is 32.2. The number of benzene rings is 4. The van der Waals surface area contributed by atoms with Crippen molar-refractivity contribution >= 4 is 27.5 Å². The lowest BCUT2D eigenvalue weighted by Crippen LogP contribution is -2.53. The van der Waals surface area contributed by atoms with E-state index < -0.39 is 34.3 Å². The molecule has 9 nitrogen and oxygen atoms in total. The predicted octanol–water partition coefficient (Wildman–Crippen LogP) is 5.66. The first-order valence-corrected chi connectivity index (χ1v) is 17.4. The number of sulfonamides is 1. The average molecular weight is 674 g/mol. The van der Waals surface area contributed by atoms with E-state index in [1.807, 2.05) is 68.4 Å². The second-order valence-electron chi connectivity index (χ2n) is 11.7. The topological polar surface area (TPSA) is 105 Å². The predicted molar refractivity (Wildman–Crippen MR) is 182 cm³/mol. The number of amides is 2. The Morgan fingerprint density at radius 1 is 0.875 bits per heavy atom. The molecule has 1 aliphatic heterocycles. The number of nitrogens with zero attached hydrogens (tertiary/aromatic N) is 2. The summed E-state index contributed by atoms with van der Waals surface area (Å²) in [5.74, 6) is -0.827. The molecular weight excluding hydrogens is 633 g/mol. The van der Waals surface area contributed by atoms with Crippen LogP contribution in [0.5, 0.6) is 11.5 Å². The SMILES string of the molecule is CCCCNC(=O)[C@@H](Cc1ccccc1)N(Cc1cccc(C)c1)C(=O)CN(c1ccc(F)cc1)S(=O)(=O)c1ccc2c(c1)OCCO2. The summed E-state index contributed by atoms with van der Waals surface area (Å²) in [6.45, 7) is 4.39. The molecule has 0 radical (unpaired) electrons. The number of aryl methyl sites for hydroxylation is 1. The number of ether oxygens (including phenoxy) is 2. The molecule has 0 saturated heterocycles. The Hall–Kier alpha value is -4.90. The van der Waals surface area contributed by atoms with Crippen LogP contribution in [0.1, 0.15) is 36.5 Å². The van der Waals surface area contributed by atoms with Crippen molar-refractivity contribution in [3.05, 3.63) is 120 Å². The van der Waals surface area contributed by atoms with Crippen LogP contribution in [0.3, 0.4) is 0 Å². The second-order valence-corrected chi connectivity index (χ2v) is 13.5. The van der Waals surface area contributed by atoms with E-state index in [1.165, 1.54) is 35.2 Å². The number of halogens is 1. The lowest BCUT2D eigenvalue weighted by molar-refractivity contribution is -0.140. The van der Waals surface area contributed by atoms with Crippen molar-refractivity contribution in [2.45, 2.75) is 50.6 Å². The van der Waals surface area contributed by atoms with Crippen LogP contribution >= 0.6 is 0 Å². The van der Waals surface area contributed by atoms with Crippen molar-refractivity contribution in [3.8, 4) is 11.5 Å². The maximum atomic E-state index is 14.6. The molecule has 0 saturated carbocycles. The molecule has 5 rings (SSSR count). The zero-order valence-electron chi connectivity index (χ0n) is 27.1. The first kappa shape index (κ1) is 34.4. The van der Waals surface area contributed by atoms with Gasteiger partial charge in [-0.2, -0.15) is 0 Å². The van der Waals surface area contributed by atoms with Crippen LogP contribution in [0.4, 0.5) is 10.1 Å². The maximum absolute atomic E-state index is 14.6. The Kier molecular flexibility index (Phi) is 11.3. The molecule has 0 spiro atoms. The highest BCUT2D eigenvalue weighted by Gasteiger charge is 2.35. The molecule has 48 heavy (non-hydrogen) atoms. The summed E-state index contributed by atoms with van der Waals surface area (Å²) in [4.78, 5) is 29.8. The second kappa shape index (κ2) is 15.8. The molecule has 4 aromatic carbocycles. The van der Waals surface area contributed by atoms with Crippen LogP contribution in [-0.2, 0) is 32.6 Å². The number of hydrogen-bond acceptors (Lipinski definition) is 6.